The fourth-order valence-electron chi connectivity index (χ4n) is 4.05. The van der Waals surface area contributed by atoms with Crippen molar-refractivity contribution in [3.8, 4) is 0 Å². The molecule has 0 atom stereocenters. The number of anilines is 2. The molecule has 4 rings (SSSR count). The second-order valence-electron chi connectivity index (χ2n) is 9.42. The summed E-state index contributed by atoms with van der Waals surface area (Å²) >= 11 is 0. The number of carbonyl (C=O) groups excluding carboxylic acids is 1. The van der Waals surface area contributed by atoms with Crippen molar-refractivity contribution in [1.82, 2.24) is 9.62 Å². The molecule has 3 aromatic rings. The molecule has 0 saturated carbocycles. The molecule has 2 amide bonds. The van der Waals surface area contributed by atoms with E-state index in [1.165, 1.54) is 48.5 Å². The van der Waals surface area contributed by atoms with E-state index in [-0.39, 0.29) is 16.3 Å². The van der Waals surface area contributed by atoms with Gasteiger partial charge in [-0.25, -0.2) is 31.5 Å². The quantitative estimate of drug-likeness (QED) is 0.158. The molecule has 0 radical (unpaired) electrons. The van der Waals surface area contributed by atoms with Crippen molar-refractivity contribution in [3.05, 3.63) is 83.9 Å². The highest BCUT2D eigenvalue weighted by Crippen LogP contribution is 2.17. The summed E-state index contributed by atoms with van der Waals surface area (Å²) in [6, 6.07) is 17.7. The van der Waals surface area contributed by atoms with E-state index in [1.807, 2.05) is 6.07 Å². The monoisotopic (exact) mass is 615 g/mol. The number of rotatable bonds is 11. The minimum Gasteiger partial charge on any atom is -0.384 e. The number of urea groups is 1. The zero-order chi connectivity index (χ0) is 30.2. The Morgan fingerprint density at radius 1 is 0.881 bits per heavy atom. The molecule has 13 nitrogen and oxygen atoms in total. The van der Waals surface area contributed by atoms with E-state index in [1.54, 1.807) is 18.2 Å². The number of carbonyl (C=O) groups is 1. The SMILES string of the molecule is NC(=NCCN1CCOCC1)c1cccc(NC(=O)Nc2ccc(S(=O)(=O)NCc3ccc(S(N)(=O)=O)cc3)cc2)c1. The Kier molecular flexibility index (Phi) is 10.3. The number of ether oxygens (including phenoxy) is 1. The van der Waals surface area contributed by atoms with Crippen LogP contribution in [0.4, 0.5) is 16.2 Å². The molecule has 1 heterocycles. The van der Waals surface area contributed by atoms with E-state index in [4.69, 9.17) is 15.6 Å². The summed E-state index contributed by atoms with van der Waals surface area (Å²) in [5.74, 6) is 0.373. The third kappa shape index (κ3) is 9.07. The second-order valence-corrected chi connectivity index (χ2v) is 12.7. The number of nitrogens with two attached hydrogens (primary N) is 2. The van der Waals surface area contributed by atoms with Gasteiger partial charge in [-0.1, -0.05) is 24.3 Å². The van der Waals surface area contributed by atoms with Crippen molar-refractivity contribution in [2.45, 2.75) is 16.3 Å². The molecule has 42 heavy (non-hydrogen) atoms. The van der Waals surface area contributed by atoms with Crippen molar-refractivity contribution in [2.75, 3.05) is 50.0 Å². The molecule has 0 aliphatic carbocycles. The number of nitrogens with zero attached hydrogens (tertiary/aromatic N) is 2. The maximum absolute atomic E-state index is 12.7. The van der Waals surface area contributed by atoms with Crippen LogP contribution in [-0.4, -0.2) is 73.0 Å². The van der Waals surface area contributed by atoms with E-state index in [9.17, 15) is 21.6 Å². The molecule has 3 aromatic carbocycles. The first-order valence-electron chi connectivity index (χ1n) is 13.0. The summed E-state index contributed by atoms with van der Waals surface area (Å²) in [7, 11) is -7.71. The summed E-state index contributed by atoms with van der Waals surface area (Å²) in [5, 5.41) is 10.5. The van der Waals surface area contributed by atoms with Crippen molar-refractivity contribution >= 4 is 43.3 Å². The molecular weight excluding hydrogens is 582 g/mol. The van der Waals surface area contributed by atoms with Crippen LogP contribution < -0.4 is 26.2 Å². The van der Waals surface area contributed by atoms with Crippen molar-refractivity contribution in [1.29, 1.82) is 0 Å². The maximum atomic E-state index is 12.7. The standard InChI is InChI=1S/C27H33N7O6S2/c28-26(30-12-13-34-14-16-40-17-15-34)21-2-1-3-23(18-21)33-27(35)32-22-6-10-25(11-7-22)42(38,39)31-19-20-4-8-24(9-5-20)41(29,36)37/h1-11,18,31H,12-17,19H2,(H2,28,30)(H2,29,36,37)(H2,32,33,35). The first-order valence-corrected chi connectivity index (χ1v) is 16.0. The van der Waals surface area contributed by atoms with E-state index in [2.05, 4.69) is 25.2 Å². The predicted molar refractivity (Wildman–Crippen MR) is 160 cm³/mol. The minimum atomic E-state index is -3.87. The predicted octanol–water partition coefficient (Wildman–Crippen LogP) is 1.49. The first kappa shape index (κ1) is 31.1. The van der Waals surface area contributed by atoms with Crippen LogP contribution in [0.25, 0.3) is 0 Å². The van der Waals surface area contributed by atoms with E-state index < -0.39 is 26.1 Å². The number of primary sulfonamides is 1. The van der Waals surface area contributed by atoms with E-state index >= 15 is 0 Å². The molecule has 224 valence electrons. The summed E-state index contributed by atoms with van der Waals surface area (Å²) < 4.78 is 55.9. The molecule has 1 aliphatic rings. The molecule has 0 unspecified atom stereocenters. The van der Waals surface area contributed by atoms with Crippen LogP contribution in [0.2, 0.25) is 0 Å². The minimum absolute atomic E-state index is 0.00861. The number of nitrogens with one attached hydrogen (secondary N) is 3. The highest BCUT2D eigenvalue weighted by molar-refractivity contribution is 7.89. The lowest BCUT2D eigenvalue weighted by Gasteiger charge is -2.25. The normalized spacial score (nSPS) is 14.8. The van der Waals surface area contributed by atoms with E-state index in [0.29, 0.717) is 34.9 Å². The van der Waals surface area contributed by atoms with Gasteiger partial charge < -0.3 is 21.1 Å². The summed E-state index contributed by atoms with van der Waals surface area (Å²) in [6.45, 7) is 4.48. The third-order valence-corrected chi connectivity index (χ3v) is 8.71. The Hall–Kier alpha value is -3.86. The Morgan fingerprint density at radius 3 is 2.19 bits per heavy atom. The number of morpholine rings is 1. The highest BCUT2D eigenvalue weighted by Gasteiger charge is 2.15. The van der Waals surface area contributed by atoms with Crippen molar-refractivity contribution in [2.24, 2.45) is 15.9 Å². The highest BCUT2D eigenvalue weighted by atomic mass is 32.2. The van der Waals surface area contributed by atoms with Gasteiger partial charge in [-0.05, 0) is 54.1 Å². The van der Waals surface area contributed by atoms with Crippen LogP contribution in [0.3, 0.4) is 0 Å². The topological polar surface area (TPSA) is 198 Å². The zero-order valence-corrected chi connectivity index (χ0v) is 24.3. The van der Waals surface area contributed by atoms with Gasteiger partial charge in [0.15, 0.2) is 0 Å². The molecule has 0 aromatic heterocycles. The number of benzene rings is 3. The first-order chi connectivity index (χ1) is 20.0. The molecule has 1 saturated heterocycles. The average molecular weight is 616 g/mol. The smallest absolute Gasteiger partial charge is 0.323 e. The average Bonchev–Trinajstić information content (AvgIpc) is 2.97. The van der Waals surface area contributed by atoms with Crippen LogP contribution in [0.5, 0.6) is 0 Å². The van der Waals surface area contributed by atoms with Gasteiger partial charge in [0.25, 0.3) is 0 Å². The number of sulfonamides is 2. The Bertz CT molecular complexity index is 1620. The summed E-state index contributed by atoms with van der Waals surface area (Å²) in [5.41, 5.74) is 8.27. The molecular formula is C27H33N7O6S2. The summed E-state index contributed by atoms with van der Waals surface area (Å²) in [6.07, 6.45) is 0. The molecule has 15 heteroatoms. The largest absolute Gasteiger partial charge is 0.384 e. The molecule has 1 aliphatic heterocycles. The zero-order valence-electron chi connectivity index (χ0n) is 22.7. The molecule has 1 fully saturated rings. The lowest BCUT2D eigenvalue weighted by molar-refractivity contribution is 0.0394. The van der Waals surface area contributed by atoms with Gasteiger partial charge in [-0.3, -0.25) is 9.89 Å². The molecule has 0 spiro atoms. The Morgan fingerprint density at radius 2 is 1.52 bits per heavy atom. The van der Waals surface area contributed by atoms with Gasteiger partial charge in [0, 0.05) is 43.1 Å². The van der Waals surface area contributed by atoms with Crippen LogP contribution in [0.15, 0.2) is 87.6 Å². The lowest BCUT2D eigenvalue weighted by atomic mass is 10.2. The number of amidine groups is 1. The Labute approximate surface area is 245 Å². The van der Waals surface area contributed by atoms with Crippen LogP contribution in [0.1, 0.15) is 11.1 Å². The summed E-state index contributed by atoms with van der Waals surface area (Å²) in [4.78, 5) is 19.2. The maximum Gasteiger partial charge on any atom is 0.323 e. The van der Waals surface area contributed by atoms with Crippen molar-refractivity contribution < 1.29 is 26.4 Å². The number of amides is 2. The van der Waals surface area contributed by atoms with Crippen LogP contribution >= 0.6 is 0 Å². The van der Waals surface area contributed by atoms with Gasteiger partial charge in [0.05, 0.1) is 29.5 Å². The van der Waals surface area contributed by atoms with Crippen molar-refractivity contribution in [3.63, 3.8) is 0 Å². The number of hydrogen-bond acceptors (Lipinski definition) is 8. The van der Waals surface area contributed by atoms with Gasteiger partial charge in [-0.2, -0.15) is 0 Å². The van der Waals surface area contributed by atoms with Crippen LogP contribution in [-0.2, 0) is 31.3 Å². The second kappa shape index (κ2) is 13.9. The van der Waals surface area contributed by atoms with E-state index in [0.717, 1.165) is 32.8 Å². The van der Waals surface area contributed by atoms with Gasteiger partial charge in [0.1, 0.15) is 5.84 Å². The third-order valence-electron chi connectivity index (χ3n) is 6.36. The number of aliphatic imine (C=N–C) groups is 1. The Balaban J connectivity index is 1.28. The van der Waals surface area contributed by atoms with Gasteiger partial charge in [0.2, 0.25) is 20.0 Å². The number of hydrogen-bond donors (Lipinski definition) is 5. The lowest BCUT2D eigenvalue weighted by Crippen LogP contribution is -2.38. The molecule has 7 N–H and O–H groups in total. The van der Waals surface area contributed by atoms with Gasteiger partial charge in [-0.15, -0.1) is 0 Å². The fraction of sp³-hybridized carbons (Fsp3) is 0.259. The van der Waals surface area contributed by atoms with Gasteiger partial charge >= 0.3 is 6.03 Å². The van der Waals surface area contributed by atoms with Crippen LogP contribution in [0, 0.1) is 0 Å². The molecule has 0 bridgehead atoms. The fourth-order valence-corrected chi connectivity index (χ4v) is 5.59.